The van der Waals surface area contributed by atoms with Crippen molar-refractivity contribution >= 4 is 17.5 Å². The maximum atomic E-state index is 11.3. The Labute approximate surface area is 125 Å². The standard InChI is InChI=1S/C16H22ClNO2/c1-11(13-7-9-18(10-8-13)12(2)19)16(20)14-3-5-15(17)6-4-14/h3-6,11,13,16,20H,7-10H2,1-2H3/t11-,16+/m1/s1. The molecule has 2 atom stereocenters. The monoisotopic (exact) mass is 295 g/mol. The number of likely N-dealkylation sites (tertiary alicyclic amines) is 1. The number of amides is 1. The molecule has 1 aromatic rings. The zero-order chi connectivity index (χ0) is 14.7. The molecule has 3 nitrogen and oxygen atoms in total. The van der Waals surface area contributed by atoms with Crippen LogP contribution in [-0.2, 0) is 4.79 Å². The molecule has 0 saturated carbocycles. The Morgan fingerprint density at radius 1 is 1.30 bits per heavy atom. The summed E-state index contributed by atoms with van der Waals surface area (Å²) in [6.07, 6.45) is 1.46. The highest BCUT2D eigenvalue weighted by molar-refractivity contribution is 6.30. The van der Waals surface area contributed by atoms with Crippen LogP contribution in [0, 0.1) is 11.8 Å². The van der Waals surface area contributed by atoms with Crippen LogP contribution in [0.25, 0.3) is 0 Å². The first-order chi connectivity index (χ1) is 9.49. The molecule has 1 amide bonds. The van der Waals surface area contributed by atoms with Gasteiger partial charge in [0, 0.05) is 25.0 Å². The third-order valence-electron chi connectivity index (χ3n) is 4.44. The zero-order valence-corrected chi connectivity index (χ0v) is 12.8. The smallest absolute Gasteiger partial charge is 0.219 e. The minimum Gasteiger partial charge on any atom is -0.388 e. The summed E-state index contributed by atoms with van der Waals surface area (Å²) in [6.45, 7) is 5.31. The summed E-state index contributed by atoms with van der Waals surface area (Å²) in [7, 11) is 0. The molecule has 1 aliphatic heterocycles. The molecule has 1 aliphatic rings. The van der Waals surface area contributed by atoms with Crippen LogP contribution in [-0.4, -0.2) is 29.0 Å². The number of aliphatic hydroxyl groups is 1. The fourth-order valence-electron chi connectivity index (χ4n) is 2.96. The molecule has 1 saturated heterocycles. The fraction of sp³-hybridized carbons (Fsp3) is 0.562. The Morgan fingerprint density at radius 3 is 2.35 bits per heavy atom. The van der Waals surface area contributed by atoms with Crippen molar-refractivity contribution in [1.82, 2.24) is 4.90 Å². The van der Waals surface area contributed by atoms with Gasteiger partial charge in [0.15, 0.2) is 0 Å². The first-order valence-corrected chi connectivity index (χ1v) is 7.56. The third-order valence-corrected chi connectivity index (χ3v) is 4.69. The molecule has 0 bridgehead atoms. The van der Waals surface area contributed by atoms with E-state index in [2.05, 4.69) is 6.92 Å². The number of hydrogen-bond acceptors (Lipinski definition) is 2. The molecule has 2 rings (SSSR count). The van der Waals surface area contributed by atoms with E-state index in [-0.39, 0.29) is 11.8 Å². The van der Waals surface area contributed by atoms with Crippen molar-refractivity contribution in [3.05, 3.63) is 34.9 Å². The van der Waals surface area contributed by atoms with E-state index in [4.69, 9.17) is 11.6 Å². The second kappa shape index (κ2) is 6.59. The normalized spacial score (nSPS) is 19.7. The van der Waals surface area contributed by atoms with Crippen LogP contribution in [0.15, 0.2) is 24.3 Å². The molecule has 4 heteroatoms. The number of nitrogens with zero attached hydrogens (tertiary/aromatic N) is 1. The van der Waals surface area contributed by atoms with Crippen LogP contribution in [0.2, 0.25) is 5.02 Å². The molecule has 1 N–H and O–H groups in total. The first kappa shape index (κ1) is 15.3. The van der Waals surface area contributed by atoms with Crippen LogP contribution in [0.4, 0.5) is 0 Å². The quantitative estimate of drug-likeness (QED) is 0.930. The Hall–Kier alpha value is -1.06. The lowest BCUT2D eigenvalue weighted by atomic mass is 9.80. The number of rotatable bonds is 3. The SMILES string of the molecule is CC(=O)N1CCC([C@@H](C)[C@H](O)c2ccc(Cl)cc2)CC1. The summed E-state index contributed by atoms with van der Waals surface area (Å²) in [5.41, 5.74) is 0.913. The van der Waals surface area contributed by atoms with Gasteiger partial charge in [0.2, 0.25) is 5.91 Å². The highest BCUT2D eigenvalue weighted by Gasteiger charge is 2.29. The Balaban J connectivity index is 1.96. The largest absolute Gasteiger partial charge is 0.388 e. The van der Waals surface area contributed by atoms with Gasteiger partial charge in [0.25, 0.3) is 0 Å². The number of aliphatic hydroxyl groups excluding tert-OH is 1. The minimum absolute atomic E-state index is 0.148. The molecule has 0 aromatic heterocycles. The van der Waals surface area contributed by atoms with Gasteiger partial charge in [-0.1, -0.05) is 30.7 Å². The van der Waals surface area contributed by atoms with Crippen LogP contribution in [0.3, 0.4) is 0 Å². The Bertz CT molecular complexity index is 452. The molecule has 0 spiro atoms. The second-order valence-electron chi connectivity index (χ2n) is 5.70. The van der Waals surface area contributed by atoms with Gasteiger partial charge in [-0.15, -0.1) is 0 Å². The van der Waals surface area contributed by atoms with Crippen molar-refractivity contribution in [2.45, 2.75) is 32.8 Å². The molecule has 0 unspecified atom stereocenters. The van der Waals surface area contributed by atoms with E-state index in [1.54, 1.807) is 6.92 Å². The number of hydrogen-bond donors (Lipinski definition) is 1. The van der Waals surface area contributed by atoms with Gasteiger partial charge in [-0.05, 0) is 42.4 Å². The molecule has 1 aromatic carbocycles. The van der Waals surface area contributed by atoms with Crippen molar-refractivity contribution in [2.75, 3.05) is 13.1 Å². The summed E-state index contributed by atoms with van der Waals surface area (Å²) in [5.74, 6) is 0.788. The fourth-order valence-corrected chi connectivity index (χ4v) is 3.09. The molecule has 1 heterocycles. The molecule has 20 heavy (non-hydrogen) atoms. The predicted octanol–water partition coefficient (Wildman–Crippen LogP) is 3.27. The number of carbonyl (C=O) groups excluding carboxylic acids is 1. The first-order valence-electron chi connectivity index (χ1n) is 7.18. The summed E-state index contributed by atoms with van der Waals surface area (Å²) in [6, 6.07) is 7.39. The van der Waals surface area contributed by atoms with Gasteiger partial charge in [0.05, 0.1) is 6.10 Å². The van der Waals surface area contributed by atoms with Crippen molar-refractivity contribution in [3.63, 3.8) is 0 Å². The lowest BCUT2D eigenvalue weighted by Crippen LogP contribution is -2.39. The number of piperidine rings is 1. The van der Waals surface area contributed by atoms with E-state index in [0.29, 0.717) is 10.9 Å². The summed E-state index contributed by atoms with van der Waals surface area (Å²) < 4.78 is 0. The Kier molecular flexibility index (Phi) is 5.06. The highest BCUT2D eigenvalue weighted by atomic mass is 35.5. The molecule has 0 aliphatic carbocycles. The minimum atomic E-state index is -0.471. The average Bonchev–Trinajstić information content (AvgIpc) is 2.46. The predicted molar refractivity (Wildman–Crippen MR) is 80.6 cm³/mol. The third kappa shape index (κ3) is 3.53. The average molecular weight is 296 g/mol. The number of benzene rings is 1. The summed E-state index contributed by atoms with van der Waals surface area (Å²) in [5, 5.41) is 11.2. The van der Waals surface area contributed by atoms with E-state index >= 15 is 0 Å². The van der Waals surface area contributed by atoms with Crippen molar-refractivity contribution < 1.29 is 9.90 Å². The van der Waals surface area contributed by atoms with Gasteiger partial charge < -0.3 is 10.0 Å². The van der Waals surface area contributed by atoms with Crippen molar-refractivity contribution in [3.8, 4) is 0 Å². The molecular weight excluding hydrogens is 274 g/mol. The van der Waals surface area contributed by atoms with Crippen LogP contribution in [0.1, 0.15) is 38.4 Å². The molecule has 1 fully saturated rings. The lowest BCUT2D eigenvalue weighted by Gasteiger charge is -2.36. The van der Waals surface area contributed by atoms with E-state index in [1.807, 2.05) is 29.2 Å². The zero-order valence-electron chi connectivity index (χ0n) is 12.1. The summed E-state index contributed by atoms with van der Waals surface area (Å²) >= 11 is 5.87. The van der Waals surface area contributed by atoms with Gasteiger partial charge in [-0.3, -0.25) is 4.79 Å². The highest BCUT2D eigenvalue weighted by Crippen LogP contribution is 2.34. The number of halogens is 1. The lowest BCUT2D eigenvalue weighted by molar-refractivity contribution is -0.130. The van der Waals surface area contributed by atoms with Gasteiger partial charge in [-0.2, -0.15) is 0 Å². The van der Waals surface area contributed by atoms with E-state index in [0.717, 1.165) is 31.5 Å². The molecule has 0 radical (unpaired) electrons. The summed E-state index contributed by atoms with van der Waals surface area (Å²) in [4.78, 5) is 13.2. The Morgan fingerprint density at radius 2 is 1.85 bits per heavy atom. The number of carbonyl (C=O) groups is 1. The van der Waals surface area contributed by atoms with Crippen LogP contribution < -0.4 is 0 Å². The van der Waals surface area contributed by atoms with Crippen molar-refractivity contribution in [2.24, 2.45) is 11.8 Å². The maximum absolute atomic E-state index is 11.3. The molecular formula is C16H22ClNO2. The molecule has 110 valence electrons. The van der Waals surface area contributed by atoms with E-state index < -0.39 is 6.10 Å². The van der Waals surface area contributed by atoms with Crippen molar-refractivity contribution in [1.29, 1.82) is 0 Å². The van der Waals surface area contributed by atoms with Crippen LogP contribution >= 0.6 is 11.6 Å². The van der Waals surface area contributed by atoms with Gasteiger partial charge in [-0.25, -0.2) is 0 Å². The van der Waals surface area contributed by atoms with Crippen LogP contribution in [0.5, 0.6) is 0 Å². The van der Waals surface area contributed by atoms with E-state index in [1.165, 1.54) is 0 Å². The van der Waals surface area contributed by atoms with Gasteiger partial charge in [0.1, 0.15) is 0 Å². The maximum Gasteiger partial charge on any atom is 0.219 e. The van der Waals surface area contributed by atoms with Gasteiger partial charge >= 0.3 is 0 Å². The second-order valence-corrected chi connectivity index (χ2v) is 6.14. The topological polar surface area (TPSA) is 40.5 Å². The van der Waals surface area contributed by atoms with E-state index in [9.17, 15) is 9.90 Å².